The number of hydrogen-bond donors (Lipinski definition) is 2. The summed E-state index contributed by atoms with van der Waals surface area (Å²) in [4.78, 5) is 25.2. The minimum Gasteiger partial charge on any atom is -0.424 e. The molecule has 2 aliphatic rings. The Morgan fingerprint density at radius 1 is 1.37 bits per heavy atom. The van der Waals surface area contributed by atoms with E-state index in [1.165, 1.54) is 0 Å². The summed E-state index contributed by atoms with van der Waals surface area (Å²) >= 11 is 5.27. The quantitative estimate of drug-likeness (QED) is 0.646. The van der Waals surface area contributed by atoms with Crippen LogP contribution in [0.2, 0.25) is 0 Å². The standard InChI is InChI=1S/C17H17F2N2O7PS/c18-15(19)17(7-11(22)14(27-17)21-6-5-13(23)20-16(21)24)9-26-29(30)25-8-10-3-1-2-4-12(10)28-29/h1-6,11,14-15,22H,7-9H2,(H,20,23,24). The number of aromatic nitrogens is 2. The number of fused-ring (bicyclic) bond motifs is 1. The van der Waals surface area contributed by atoms with E-state index in [9.17, 15) is 23.5 Å². The van der Waals surface area contributed by atoms with Crippen molar-refractivity contribution < 1.29 is 32.2 Å². The third kappa shape index (κ3) is 3.98. The first-order chi connectivity index (χ1) is 14.2. The summed E-state index contributed by atoms with van der Waals surface area (Å²) in [5, 5.41) is 10.3. The van der Waals surface area contributed by atoms with Crippen LogP contribution in [-0.2, 0) is 32.2 Å². The molecule has 13 heteroatoms. The highest BCUT2D eigenvalue weighted by atomic mass is 32.5. The number of aliphatic hydroxyl groups is 1. The van der Waals surface area contributed by atoms with Gasteiger partial charge in [0.2, 0.25) is 0 Å². The predicted octanol–water partition coefficient (Wildman–Crippen LogP) is 1.67. The van der Waals surface area contributed by atoms with Crippen LogP contribution in [0.3, 0.4) is 0 Å². The molecule has 2 N–H and O–H groups in total. The van der Waals surface area contributed by atoms with Crippen molar-refractivity contribution in [3.05, 3.63) is 62.9 Å². The Labute approximate surface area is 173 Å². The van der Waals surface area contributed by atoms with E-state index >= 15 is 0 Å². The van der Waals surface area contributed by atoms with Gasteiger partial charge in [-0.15, -0.1) is 0 Å². The van der Waals surface area contributed by atoms with Crippen molar-refractivity contribution in [2.24, 2.45) is 0 Å². The first-order valence-electron chi connectivity index (χ1n) is 8.83. The van der Waals surface area contributed by atoms with Crippen LogP contribution in [0.25, 0.3) is 0 Å². The number of aromatic amines is 1. The predicted molar refractivity (Wildman–Crippen MR) is 103 cm³/mol. The molecule has 1 saturated heterocycles. The van der Waals surface area contributed by atoms with E-state index in [4.69, 9.17) is 30.1 Å². The molecule has 4 unspecified atom stereocenters. The number of alkyl halides is 2. The van der Waals surface area contributed by atoms with Crippen LogP contribution in [0.1, 0.15) is 18.2 Å². The van der Waals surface area contributed by atoms with Crippen LogP contribution in [0.5, 0.6) is 5.75 Å². The maximum absolute atomic E-state index is 14.0. The fraction of sp³-hybridized carbons (Fsp3) is 0.412. The number of rotatable bonds is 5. The van der Waals surface area contributed by atoms with Gasteiger partial charge in [-0.25, -0.2) is 13.6 Å². The zero-order valence-electron chi connectivity index (χ0n) is 15.3. The lowest BCUT2D eigenvalue weighted by atomic mass is 10.0. The number of aliphatic hydroxyl groups excluding tert-OH is 1. The molecule has 1 aromatic carbocycles. The molecule has 0 saturated carbocycles. The highest BCUT2D eigenvalue weighted by Crippen LogP contribution is 2.56. The summed E-state index contributed by atoms with van der Waals surface area (Å²) < 4.78 is 50.7. The Balaban J connectivity index is 1.54. The lowest BCUT2D eigenvalue weighted by Crippen LogP contribution is -2.43. The van der Waals surface area contributed by atoms with Crippen molar-refractivity contribution in [3.63, 3.8) is 0 Å². The molecule has 4 rings (SSSR count). The molecular formula is C17H17F2N2O7PS. The molecule has 30 heavy (non-hydrogen) atoms. The molecule has 3 heterocycles. The van der Waals surface area contributed by atoms with Gasteiger partial charge in [-0.05, 0) is 6.07 Å². The van der Waals surface area contributed by atoms with Gasteiger partial charge in [0.1, 0.15) is 11.9 Å². The molecule has 9 nitrogen and oxygen atoms in total. The summed E-state index contributed by atoms with van der Waals surface area (Å²) in [6.07, 6.45) is -5.45. The molecule has 1 aromatic heterocycles. The van der Waals surface area contributed by atoms with Crippen molar-refractivity contribution in [1.82, 2.24) is 9.55 Å². The summed E-state index contributed by atoms with van der Waals surface area (Å²) in [7, 11) is 0. The summed E-state index contributed by atoms with van der Waals surface area (Å²) in [5.41, 5.74) is -3.08. The number of hydrogen-bond acceptors (Lipinski definition) is 8. The summed E-state index contributed by atoms with van der Waals surface area (Å²) in [6, 6.07) is 7.98. The average Bonchev–Trinajstić information content (AvgIpc) is 3.04. The zero-order valence-corrected chi connectivity index (χ0v) is 17.0. The summed E-state index contributed by atoms with van der Waals surface area (Å²) in [6.45, 7) is -4.01. The maximum atomic E-state index is 14.0. The fourth-order valence-electron chi connectivity index (χ4n) is 3.25. The van der Waals surface area contributed by atoms with Gasteiger partial charge in [0, 0.05) is 36.1 Å². The minimum atomic E-state index is -3.39. The maximum Gasteiger partial charge on any atom is 0.381 e. The molecule has 162 valence electrons. The topological polar surface area (TPSA) is 112 Å². The van der Waals surface area contributed by atoms with E-state index in [2.05, 4.69) is 0 Å². The van der Waals surface area contributed by atoms with E-state index in [-0.39, 0.29) is 6.61 Å². The number of nitrogens with zero attached hydrogens (tertiary/aromatic N) is 1. The van der Waals surface area contributed by atoms with Crippen molar-refractivity contribution in [3.8, 4) is 5.75 Å². The number of para-hydroxylation sites is 1. The van der Waals surface area contributed by atoms with Crippen LogP contribution in [-0.4, -0.2) is 39.4 Å². The second kappa shape index (κ2) is 7.95. The molecule has 2 aliphatic heterocycles. The third-order valence-electron chi connectivity index (χ3n) is 4.79. The molecule has 0 radical (unpaired) electrons. The van der Waals surface area contributed by atoms with Gasteiger partial charge >= 0.3 is 12.4 Å². The number of ether oxygens (including phenoxy) is 1. The van der Waals surface area contributed by atoms with E-state index in [1.54, 1.807) is 24.3 Å². The lowest BCUT2D eigenvalue weighted by Gasteiger charge is -2.33. The monoisotopic (exact) mass is 462 g/mol. The normalized spacial score (nSPS) is 30.8. The Morgan fingerprint density at radius 2 is 2.13 bits per heavy atom. The highest BCUT2D eigenvalue weighted by Gasteiger charge is 2.54. The van der Waals surface area contributed by atoms with Crippen molar-refractivity contribution in [2.45, 2.75) is 37.4 Å². The van der Waals surface area contributed by atoms with Gasteiger partial charge in [-0.1, -0.05) is 18.2 Å². The minimum absolute atomic E-state index is 0.105. The highest BCUT2D eigenvalue weighted by molar-refractivity contribution is 8.07. The van der Waals surface area contributed by atoms with Crippen LogP contribution in [0, 0.1) is 0 Å². The molecule has 0 spiro atoms. The molecule has 0 aliphatic carbocycles. The van der Waals surface area contributed by atoms with Crippen LogP contribution in [0.4, 0.5) is 8.78 Å². The number of halogens is 2. The van der Waals surface area contributed by atoms with E-state index in [0.717, 1.165) is 22.4 Å². The van der Waals surface area contributed by atoms with Gasteiger partial charge in [0.05, 0.1) is 13.2 Å². The van der Waals surface area contributed by atoms with Gasteiger partial charge in [0.15, 0.2) is 11.8 Å². The molecule has 0 bridgehead atoms. The van der Waals surface area contributed by atoms with E-state index < -0.39 is 55.4 Å². The summed E-state index contributed by atoms with van der Waals surface area (Å²) in [5.74, 6) is 0.447. The number of nitrogens with one attached hydrogen (secondary N) is 1. The van der Waals surface area contributed by atoms with E-state index in [1.807, 2.05) is 4.98 Å². The molecule has 2 aromatic rings. The smallest absolute Gasteiger partial charge is 0.381 e. The van der Waals surface area contributed by atoms with Crippen molar-refractivity contribution >= 4 is 18.5 Å². The van der Waals surface area contributed by atoms with Crippen LogP contribution >= 0.6 is 6.72 Å². The lowest BCUT2D eigenvalue weighted by molar-refractivity contribution is -0.170. The second-order valence-electron chi connectivity index (χ2n) is 6.86. The van der Waals surface area contributed by atoms with Crippen molar-refractivity contribution in [2.75, 3.05) is 6.61 Å². The van der Waals surface area contributed by atoms with Gasteiger partial charge in [-0.2, -0.15) is 0 Å². The average molecular weight is 462 g/mol. The molecule has 1 fully saturated rings. The third-order valence-corrected chi connectivity index (χ3v) is 6.96. The Kier molecular flexibility index (Phi) is 5.64. The number of benzene rings is 1. The Hall–Kier alpha value is -1.95. The fourth-order valence-corrected chi connectivity index (χ4v) is 5.08. The molecular weight excluding hydrogens is 445 g/mol. The van der Waals surface area contributed by atoms with Gasteiger partial charge in [-0.3, -0.25) is 23.4 Å². The van der Waals surface area contributed by atoms with E-state index in [0.29, 0.717) is 5.75 Å². The van der Waals surface area contributed by atoms with Gasteiger partial charge < -0.3 is 14.4 Å². The molecule has 4 atom stereocenters. The molecule has 0 amide bonds. The largest absolute Gasteiger partial charge is 0.424 e. The SMILES string of the molecule is O=c1ccn(C2OC(COP3(=S)OCc4ccccc4O3)(C(F)F)CC2O)c(=O)[nH]1. The number of H-pyrrole nitrogens is 1. The van der Waals surface area contributed by atoms with Gasteiger partial charge in [0.25, 0.3) is 12.0 Å². The first-order valence-corrected chi connectivity index (χ1v) is 11.4. The zero-order chi connectivity index (χ0) is 21.5. The van der Waals surface area contributed by atoms with Crippen molar-refractivity contribution in [1.29, 1.82) is 0 Å². The Morgan fingerprint density at radius 3 is 2.87 bits per heavy atom. The first kappa shape index (κ1) is 21.3. The van der Waals surface area contributed by atoms with Crippen LogP contribution < -0.4 is 15.8 Å². The second-order valence-corrected chi connectivity index (χ2v) is 9.79. The Bertz CT molecular complexity index is 1110. The van der Waals surface area contributed by atoms with Crippen LogP contribution in [0.15, 0.2) is 46.1 Å².